The first-order chi connectivity index (χ1) is 12.7. The molecule has 1 aliphatic heterocycles. The second-order valence-electron chi connectivity index (χ2n) is 9.05. The van der Waals surface area contributed by atoms with Crippen LogP contribution in [0.15, 0.2) is 18.2 Å². The third-order valence-corrected chi connectivity index (χ3v) is 7.37. The monoisotopic (exact) mass is 354 g/mol. The molecule has 2 saturated carbocycles. The molecule has 2 fully saturated rings. The number of hydrogen-bond donors (Lipinski definition) is 0. The number of rotatable bonds is 4. The van der Waals surface area contributed by atoms with E-state index >= 15 is 0 Å². The maximum absolute atomic E-state index is 11.5. The van der Waals surface area contributed by atoms with Crippen molar-refractivity contribution in [3.05, 3.63) is 29.3 Å². The first kappa shape index (κ1) is 18.1. The molecular weight excluding hydrogens is 320 g/mol. The molecule has 4 rings (SSSR count). The second kappa shape index (κ2) is 8.15. The van der Waals surface area contributed by atoms with E-state index in [0.717, 1.165) is 29.1 Å². The van der Waals surface area contributed by atoms with E-state index in [1.807, 2.05) is 0 Å². The lowest BCUT2D eigenvalue weighted by atomic mass is 9.68. The van der Waals surface area contributed by atoms with Crippen LogP contribution in [-0.4, -0.2) is 12.4 Å². The average molecular weight is 355 g/mol. The van der Waals surface area contributed by atoms with Gasteiger partial charge in [-0.25, -0.2) is 0 Å². The molecule has 0 atom stereocenters. The summed E-state index contributed by atoms with van der Waals surface area (Å²) in [5.41, 5.74) is 2.51. The Balaban J connectivity index is 1.31. The van der Waals surface area contributed by atoms with Crippen molar-refractivity contribution in [1.29, 1.82) is 0 Å². The smallest absolute Gasteiger partial charge is 0.174 e. The van der Waals surface area contributed by atoms with Crippen molar-refractivity contribution < 1.29 is 9.53 Å². The first-order valence-electron chi connectivity index (χ1n) is 11.0. The van der Waals surface area contributed by atoms with Crippen LogP contribution in [0.4, 0.5) is 0 Å². The summed E-state index contributed by atoms with van der Waals surface area (Å²) in [6, 6.07) is 6.60. The number of carbonyl (C=O) groups is 1. The van der Waals surface area contributed by atoms with Gasteiger partial charge in [-0.3, -0.25) is 4.79 Å². The highest BCUT2D eigenvalue weighted by molar-refractivity contribution is 5.84. The Morgan fingerprint density at radius 3 is 2.35 bits per heavy atom. The number of fused-ring (bicyclic) bond motifs is 1. The molecule has 2 nitrogen and oxygen atoms in total. The van der Waals surface area contributed by atoms with E-state index in [0.29, 0.717) is 12.3 Å². The maximum Gasteiger partial charge on any atom is 0.174 e. The van der Waals surface area contributed by atoms with Gasteiger partial charge in [0.15, 0.2) is 5.78 Å². The summed E-state index contributed by atoms with van der Waals surface area (Å²) in [7, 11) is 0. The maximum atomic E-state index is 11.5. The number of ketones is 1. The molecule has 1 aromatic rings. The summed E-state index contributed by atoms with van der Waals surface area (Å²) in [6.45, 7) is 2.58. The van der Waals surface area contributed by atoms with Crippen molar-refractivity contribution in [2.75, 3.05) is 6.61 Å². The normalized spacial score (nSPS) is 32.0. The fraction of sp³-hybridized carbons (Fsp3) is 0.708. The van der Waals surface area contributed by atoms with Crippen molar-refractivity contribution in [3.63, 3.8) is 0 Å². The highest BCUT2D eigenvalue weighted by Gasteiger charge is 2.31. The van der Waals surface area contributed by atoms with Gasteiger partial charge in [0.05, 0.1) is 0 Å². The predicted octanol–water partition coefficient (Wildman–Crippen LogP) is 6.07. The van der Waals surface area contributed by atoms with Crippen LogP contribution in [0.3, 0.4) is 0 Å². The van der Waals surface area contributed by atoms with E-state index in [9.17, 15) is 4.79 Å². The van der Waals surface area contributed by atoms with E-state index in [1.165, 1.54) is 69.8 Å². The van der Waals surface area contributed by atoms with Gasteiger partial charge in [-0.2, -0.15) is 0 Å². The molecule has 2 aliphatic carbocycles. The Morgan fingerprint density at radius 1 is 0.962 bits per heavy atom. The highest BCUT2D eigenvalue weighted by Crippen LogP contribution is 2.45. The van der Waals surface area contributed by atoms with Gasteiger partial charge in [-0.05, 0) is 73.8 Å². The number of benzene rings is 1. The number of Topliss-reactive ketones (excluding diaryl/α,β-unsaturated/α-hetero) is 1. The summed E-state index contributed by atoms with van der Waals surface area (Å²) >= 11 is 0. The average Bonchev–Trinajstić information content (AvgIpc) is 2.69. The van der Waals surface area contributed by atoms with Crippen LogP contribution in [0.5, 0.6) is 5.75 Å². The lowest BCUT2D eigenvalue weighted by Gasteiger charge is -2.38. The molecular formula is C24H34O2. The molecule has 0 spiro atoms. The fourth-order valence-corrected chi connectivity index (χ4v) is 5.81. The summed E-state index contributed by atoms with van der Waals surface area (Å²) < 4.78 is 5.66. The Labute approximate surface area is 158 Å². The van der Waals surface area contributed by atoms with Crippen LogP contribution < -0.4 is 4.74 Å². The van der Waals surface area contributed by atoms with E-state index < -0.39 is 0 Å². The lowest BCUT2D eigenvalue weighted by molar-refractivity contribution is -0.121. The Kier molecular flexibility index (Phi) is 5.66. The van der Waals surface area contributed by atoms with Gasteiger partial charge in [-0.1, -0.05) is 44.7 Å². The third kappa shape index (κ3) is 4.00. The topological polar surface area (TPSA) is 26.3 Å². The van der Waals surface area contributed by atoms with Crippen molar-refractivity contribution in [2.45, 2.75) is 83.5 Å². The summed E-state index contributed by atoms with van der Waals surface area (Å²) in [5, 5.41) is 0. The first-order valence-corrected chi connectivity index (χ1v) is 11.0. The molecule has 3 aliphatic rings. The van der Waals surface area contributed by atoms with Crippen LogP contribution in [0, 0.1) is 17.8 Å². The molecule has 0 N–H and O–H groups in total. The van der Waals surface area contributed by atoms with E-state index in [1.54, 1.807) is 0 Å². The summed E-state index contributed by atoms with van der Waals surface area (Å²) in [6.07, 6.45) is 14.8. The molecule has 0 aromatic heterocycles. The molecule has 0 unspecified atom stereocenters. The van der Waals surface area contributed by atoms with Crippen LogP contribution in [0.1, 0.15) is 88.2 Å². The summed E-state index contributed by atoms with van der Waals surface area (Å²) in [5.74, 6) is 4.84. The van der Waals surface area contributed by atoms with Gasteiger partial charge >= 0.3 is 0 Å². The number of ether oxygens (including phenoxy) is 1. The quantitative estimate of drug-likeness (QED) is 0.656. The van der Waals surface area contributed by atoms with Crippen molar-refractivity contribution in [2.24, 2.45) is 17.8 Å². The van der Waals surface area contributed by atoms with Gasteiger partial charge in [0.1, 0.15) is 12.4 Å². The molecule has 0 amide bonds. The minimum Gasteiger partial charge on any atom is -0.486 e. The Hall–Kier alpha value is -1.31. The largest absolute Gasteiger partial charge is 0.486 e. The lowest BCUT2D eigenvalue weighted by Crippen LogP contribution is -2.25. The zero-order valence-electron chi connectivity index (χ0n) is 16.3. The van der Waals surface area contributed by atoms with Gasteiger partial charge in [0.2, 0.25) is 0 Å². The summed E-state index contributed by atoms with van der Waals surface area (Å²) in [4.78, 5) is 11.5. The molecule has 0 bridgehead atoms. The molecule has 1 aromatic carbocycles. The molecule has 26 heavy (non-hydrogen) atoms. The SMILES string of the molecule is CCCC1CCC(C2CCC(c3ccc4c(c3)OCC(=O)C4)CC2)CC1. The van der Waals surface area contributed by atoms with E-state index in [-0.39, 0.29) is 12.4 Å². The minimum atomic E-state index is 0.194. The third-order valence-electron chi connectivity index (χ3n) is 7.37. The predicted molar refractivity (Wildman–Crippen MR) is 106 cm³/mol. The zero-order chi connectivity index (χ0) is 17.9. The van der Waals surface area contributed by atoms with Gasteiger partial charge in [0.25, 0.3) is 0 Å². The van der Waals surface area contributed by atoms with Crippen LogP contribution in [-0.2, 0) is 11.2 Å². The van der Waals surface area contributed by atoms with E-state index in [2.05, 4.69) is 25.1 Å². The standard InChI is InChI=1S/C24H34O2/c1-2-3-17-4-6-18(7-5-17)19-8-10-20(11-9-19)21-12-13-22-14-23(25)16-26-24(22)15-21/h12-13,15,17-20H,2-11,14,16H2,1H3. The molecule has 0 saturated heterocycles. The minimum absolute atomic E-state index is 0.194. The van der Waals surface area contributed by atoms with Gasteiger partial charge < -0.3 is 4.74 Å². The van der Waals surface area contributed by atoms with Crippen molar-refractivity contribution >= 4 is 5.78 Å². The zero-order valence-corrected chi connectivity index (χ0v) is 16.3. The molecule has 0 radical (unpaired) electrons. The van der Waals surface area contributed by atoms with Crippen molar-refractivity contribution in [3.8, 4) is 5.75 Å². The number of hydrogen-bond acceptors (Lipinski definition) is 2. The van der Waals surface area contributed by atoms with Crippen LogP contribution >= 0.6 is 0 Å². The van der Waals surface area contributed by atoms with E-state index in [4.69, 9.17) is 4.74 Å². The molecule has 142 valence electrons. The van der Waals surface area contributed by atoms with Crippen LogP contribution in [0.2, 0.25) is 0 Å². The van der Waals surface area contributed by atoms with Crippen molar-refractivity contribution in [1.82, 2.24) is 0 Å². The van der Waals surface area contributed by atoms with Gasteiger partial charge in [0, 0.05) is 12.0 Å². The van der Waals surface area contributed by atoms with Crippen LogP contribution in [0.25, 0.3) is 0 Å². The second-order valence-corrected chi connectivity index (χ2v) is 9.05. The van der Waals surface area contributed by atoms with Gasteiger partial charge in [-0.15, -0.1) is 0 Å². The molecule has 1 heterocycles. The highest BCUT2D eigenvalue weighted by atomic mass is 16.5. The fourth-order valence-electron chi connectivity index (χ4n) is 5.81. The Morgan fingerprint density at radius 2 is 1.65 bits per heavy atom. The number of carbonyl (C=O) groups excluding carboxylic acids is 1. The molecule has 2 heteroatoms. The Bertz CT molecular complexity index is 619.